The second-order valence-corrected chi connectivity index (χ2v) is 6.31. The number of amides is 1. The summed E-state index contributed by atoms with van der Waals surface area (Å²) in [5.41, 5.74) is -1.48. The highest BCUT2D eigenvalue weighted by atomic mass is 16.7. The zero-order chi connectivity index (χ0) is 19.6. The SMILES string of the molecule is CCC(CC)CC[C@](C)(NC(=O)O[C@H](OC(C)=O)C(C)OC)C(=O)O. The lowest BCUT2D eigenvalue weighted by Crippen LogP contribution is -2.53. The third-order valence-corrected chi connectivity index (χ3v) is 4.32. The molecular formula is C17H31NO7. The molecule has 0 aliphatic rings. The highest BCUT2D eigenvalue weighted by Crippen LogP contribution is 2.22. The number of nitrogens with one attached hydrogen (secondary N) is 1. The minimum Gasteiger partial charge on any atom is -0.480 e. The number of carboxylic acid groups (broad SMARTS) is 1. The molecule has 0 aromatic rings. The first-order valence-electron chi connectivity index (χ1n) is 8.51. The van der Waals surface area contributed by atoms with E-state index >= 15 is 0 Å². The van der Waals surface area contributed by atoms with Gasteiger partial charge in [0, 0.05) is 14.0 Å². The number of carbonyl (C=O) groups excluding carboxylic acids is 2. The average molecular weight is 361 g/mol. The van der Waals surface area contributed by atoms with Gasteiger partial charge in [0.2, 0.25) is 0 Å². The molecule has 1 unspecified atom stereocenters. The Morgan fingerprint density at radius 1 is 1.16 bits per heavy atom. The summed E-state index contributed by atoms with van der Waals surface area (Å²) in [7, 11) is 1.37. The quantitative estimate of drug-likeness (QED) is 0.430. The second-order valence-electron chi connectivity index (χ2n) is 6.31. The van der Waals surface area contributed by atoms with E-state index in [2.05, 4.69) is 5.32 Å². The Morgan fingerprint density at radius 2 is 1.72 bits per heavy atom. The summed E-state index contributed by atoms with van der Waals surface area (Å²) >= 11 is 0. The predicted molar refractivity (Wildman–Crippen MR) is 91.0 cm³/mol. The van der Waals surface area contributed by atoms with E-state index in [1.54, 1.807) is 6.92 Å². The molecule has 2 N–H and O–H groups in total. The Hall–Kier alpha value is -1.83. The van der Waals surface area contributed by atoms with Gasteiger partial charge in [-0.15, -0.1) is 0 Å². The third kappa shape index (κ3) is 8.20. The van der Waals surface area contributed by atoms with Gasteiger partial charge >= 0.3 is 18.0 Å². The standard InChI is InChI=1S/C17H31NO7/c1-7-13(8-2)9-10-17(5,15(20)21)18-16(22)25-14(11(3)23-6)24-12(4)19/h11,13-14H,7-10H2,1-6H3,(H,18,22)(H,20,21)/t11?,14-,17-/m0/s1. The molecule has 0 radical (unpaired) electrons. The van der Waals surface area contributed by atoms with E-state index in [1.807, 2.05) is 13.8 Å². The summed E-state index contributed by atoms with van der Waals surface area (Å²) < 4.78 is 14.9. The number of carboxylic acids is 1. The van der Waals surface area contributed by atoms with Gasteiger partial charge < -0.3 is 24.6 Å². The maximum atomic E-state index is 12.1. The van der Waals surface area contributed by atoms with Crippen LogP contribution in [0.5, 0.6) is 0 Å². The van der Waals surface area contributed by atoms with E-state index in [1.165, 1.54) is 21.0 Å². The molecule has 0 heterocycles. The Balaban J connectivity index is 4.96. The molecule has 0 aliphatic carbocycles. The van der Waals surface area contributed by atoms with Gasteiger partial charge in [-0.2, -0.15) is 0 Å². The number of carbonyl (C=O) groups is 3. The normalized spacial score (nSPS) is 15.8. The van der Waals surface area contributed by atoms with Gasteiger partial charge in [0.1, 0.15) is 11.6 Å². The first-order chi connectivity index (χ1) is 11.6. The van der Waals surface area contributed by atoms with Crippen LogP contribution in [0.1, 0.15) is 60.3 Å². The molecule has 3 atom stereocenters. The van der Waals surface area contributed by atoms with Crippen LogP contribution in [0.25, 0.3) is 0 Å². The van der Waals surface area contributed by atoms with Crippen molar-refractivity contribution in [3.63, 3.8) is 0 Å². The molecule has 0 saturated carbocycles. The highest BCUT2D eigenvalue weighted by molar-refractivity contribution is 5.83. The van der Waals surface area contributed by atoms with E-state index < -0.39 is 36.0 Å². The molecule has 146 valence electrons. The van der Waals surface area contributed by atoms with Gasteiger partial charge in [-0.25, -0.2) is 9.59 Å². The van der Waals surface area contributed by atoms with Gasteiger partial charge in [-0.05, 0) is 32.6 Å². The summed E-state index contributed by atoms with van der Waals surface area (Å²) in [6.45, 7) is 8.26. The van der Waals surface area contributed by atoms with Crippen LogP contribution in [-0.4, -0.2) is 48.2 Å². The molecule has 8 heteroatoms. The number of ether oxygens (including phenoxy) is 3. The fourth-order valence-electron chi connectivity index (χ4n) is 2.26. The number of hydrogen-bond acceptors (Lipinski definition) is 6. The third-order valence-electron chi connectivity index (χ3n) is 4.32. The highest BCUT2D eigenvalue weighted by Gasteiger charge is 2.37. The predicted octanol–water partition coefficient (Wildman–Crippen LogP) is 2.70. The van der Waals surface area contributed by atoms with Crippen LogP contribution in [0.15, 0.2) is 0 Å². The van der Waals surface area contributed by atoms with Gasteiger partial charge in [-0.1, -0.05) is 26.7 Å². The van der Waals surface area contributed by atoms with E-state index in [9.17, 15) is 19.5 Å². The van der Waals surface area contributed by atoms with Crippen molar-refractivity contribution in [2.24, 2.45) is 5.92 Å². The molecular weight excluding hydrogens is 330 g/mol. The van der Waals surface area contributed by atoms with Crippen LogP contribution >= 0.6 is 0 Å². The molecule has 0 aromatic heterocycles. The van der Waals surface area contributed by atoms with Crippen molar-refractivity contribution in [2.45, 2.75) is 78.2 Å². The minimum absolute atomic E-state index is 0.266. The van der Waals surface area contributed by atoms with Gasteiger partial charge in [0.15, 0.2) is 0 Å². The molecule has 25 heavy (non-hydrogen) atoms. The minimum atomic E-state index is -1.48. The zero-order valence-corrected chi connectivity index (χ0v) is 16.0. The Morgan fingerprint density at radius 3 is 2.12 bits per heavy atom. The monoisotopic (exact) mass is 361 g/mol. The number of rotatable bonds is 11. The molecule has 0 aliphatic heterocycles. The van der Waals surface area contributed by atoms with Crippen molar-refractivity contribution in [1.29, 1.82) is 0 Å². The lowest BCUT2D eigenvalue weighted by molar-refractivity contribution is -0.186. The van der Waals surface area contributed by atoms with Crippen molar-refractivity contribution >= 4 is 18.0 Å². The lowest BCUT2D eigenvalue weighted by Gasteiger charge is -2.29. The zero-order valence-electron chi connectivity index (χ0n) is 16.0. The van der Waals surface area contributed by atoms with Crippen LogP contribution in [0.3, 0.4) is 0 Å². The van der Waals surface area contributed by atoms with Crippen LogP contribution in [-0.2, 0) is 23.8 Å². The van der Waals surface area contributed by atoms with Crippen molar-refractivity contribution in [3.05, 3.63) is 0 Å². The lowest BCUT2D eigenvalue weighted by atomic mass is 9.88. The van der Waals surface area contributed by atoms with Gasteiger partial charge in [0.05, 0.1) is 0 Å². The Bertz CT molecular complexity index is 450. The van der Waals surface area contributed by atoms with Crippen LogP contribution in [0.4, 0.5) is 4.79 Å². The summed E-state index contributed by atoms with van der Waals surface area (Å²) in [5, 5.41) is 11.9. The van der Waals surface area contributed by atoms with Crippen molar-refractivity contribution in [3.8, 4) is 0 Å². The van der Waals surface area contributed by atoms with Crippen LogP contribution in [0.2, 0.25) is 0 Å². The molecule has 8 nitrogen and oxygen atoms in total. The van der Waals surface area contributed by atoms with Crippen LogP contribution in [0, 0.1) is 5.92 Å². The van der Waals surface area contributed by atoms with E-state index in [0.717, 1.165) is 12.8 Å². The topological polar surface area (TPSA) is 111 Å². The van der Waals surface area contributed by atoms with Gasteiger partial charge in [0.25, 0.3) is 6.29 Å². The molecule has 0 aromatic carbocycles. The van der Waals surface area contributed by atoms with E-state index in [4.69, 9.17) is 14.2 Å². The van der Waals surface area contributed by atoms with E-state index in [-0.39, 0.29) is 6.42 Å². The molecule has 0 fully saturated rings. The number of hydrogen-bond donors (Lipinski definition) is 2. The maximum absolute atomic E-state index is 12.1. The van der Waals surface area contributed by atoms with E-state index in [0.29, 0.717) is 12.3 Å². The number of alkyl carbamates (subject to hydrolysis) is 1. The smallest absolute Gasteiger partial charge is 0.411 e. The summed E-state index contributed by atoms with van der Waals surface area (Å²) in [6, 6.07) is 0. The van der Waals surface area contributed by atoms with Crippen molar-refractivity contribution in [2.75, 3.05) is 7.11 Å². The number of aliphatic carboxylic acids is 1. The van der Waals surface area contributed by atoms with Crippen LogP contribution < -0.4 is 5.32 Å². The summed E-state index contributed by atoms with van der Waals surface area (Å²) in [5.74, 6) is -1.41. The number of esters is 1. The second kappa shape index (κ2) is 10.9. The summed E-state index contributed by atoms with van der Waals surface area (Å²) in [4.78, 5) is 34.8. The fourth-order valence-corrected chi connectivity index (χ4v) is 2.26. The number of methoxy groups -OCH3 is 1. The average Bonchev–Trinajstić information content (AvgIpc) is 2.53. The Labute approximate surface area is 149 Å². The summed E-state index contributed by atoms with van der Waals surface area (Å²) in [6.07, 6.45) is -0.133. The van der Waals surface area contributed by atoms with Crippen molar-refractivity contribution < 1.29 is 33.7 Å². The Kier molecular flexibility index (Phi) is 10.1. The molecule has 1 amide bonds. The first kappa shape index (κ1) is 23.2. The fraction of sp³-hybridized carbons (Fsp3) is 0.824. The first-order valence-corrected chi connectivity index (χ1v) is 8.51. The van der Waals surface area contributed by atoms with Crippen molar-refractivity contribution in [1.82, 2.24) is 5.32 Å². The molecule has 0 saturated heterocycles. The molecule has 0 bridgehead atoms. The van der Waals surface area contributed by atoms with Gasteiger partial charge in [-0.3, -0.25) is 4.79 Å². The molecule has 0 spiro atoms. The maximum Gasteiger partial charge on any atom is 0.411 e. The molecule has 0 rings (SSSR count). The largest absolute Gasteiger partial charge is 0.480 e.